The van der Waals surface area contributed by atoms with Gasteiger partial charge in [-0.15, -0.1) is 0 Å². The number of aromatic nitrogens is 1. The van der Waals surface area contributed by atoms with Crippen molar-refractivity contribution in [2.75, 3.05) is 18.0 Å². The second-order valence-corrected chi connectivity index (χ2v) is 6.20. The molecule has 1 aliphatic heterocycles. The average Bonchev–Trinajstić information content (AvgIpc) is 3.03. The van der Waals surface area contributed by atoms with Crippen LogP contribution in [0.4, 0.5) is 5.82 Å². The van der Waals surface area contributed by atoms with Gasteiger partial charge in [-0.05, 0) is 49.8 Å². The summed E-state index contributed by atoms with van der Waals surface area (Å²) in [5.74, 6) is 2.01. The molecular formula is C15H22ClN3. The number of nitrogens with one attached hydrogen (secondary N) is 1. The standard InChI is InChI=1S/C15H22ClN3/c1-2-5-17-8-12-7-15(18-9-14(12)16)19-10-11-3-4-13(19)6-11/h7,9,11,13,17H,2-6,8,10H2,1H3. The van der Waals surface area contributed by atoms with E-state index in [0.717, 1.165) is 42.3 Å². The Labute approximate surface area is 120 Å². The summed E-state index contributed by atoms with van der Waals surface area (Å²) in [6.07, 6.45) is 7.04. The van der Waals surface area contributed by atoms with Gasteiger partial charge in [0.1, 0.15) is 5.82 Å². The van der Waals surface area contributed by atoms with Crippen molar-refractivity contribution in [3.8, 4) is 0 Å². The lowest BCUT2D eigenvalue weighted by Crippen LogP contribution is -2.32. The van der Waals surface area contributed by atoms with E-state index in [4.69, 9.17) is 11.6 Å². The third kappa shape index (κ3) is 2.72. The first kappa shape index (κ1) is 13.2. The van der Waals surface area contributed by atoms with Crippen LogP contribution in [0.1, 0.15) is 38.2 Å². The molecule has 1 aromatic heterocycles. The molecule has 1 N–H and O–H groups in total. The molecule has 2 atom stereocenters. The molecule has 2 unspecified atom stereocenters. The second kappa shape index (κ2) is 5.68. The number of rotatable bonds is 5. The first-order valence-corrected chi connectivity index (χ1v) is 7.77. The third-order valence-corrected chi connectivity index (χ3v) is 4.71. The van der Waals surface area contributed by atoms with E-state index in [9.17, 15) is 0 Å². The number of anilines is 1. The minimum Gasteiger partial charge on any atom is -0.353 e. The molecular weight excluding hydrogens is 258 g/mol. The van der Waals surface area contributed by atoms with Crippen LogP contribution < -0.4 is 10.2 Å². The first-order valence-electron chi connectivity index (χ1n) is 7.39. The van der Waals surface area contributed by atoms with Crippen LogP contribution in [0.15, 0.2) is 12.3 Å². The van der Waals surface area contributed by atoms with Crippen LogP contribution in [0.3, 0.4) is 0 Å². The molecule has 2 heterocycles. The zero-order chi connectivity index (χ0) is 13.2. The highest BCUT2D eigenvalue weighted by Crippen LogP contribution is 2.39. The van der Waals surface area contributed by atoms with Crippen LogP contribution in [-0.4, -0.2) is 24.1 Å². The lowest BCUT2D eigenvalue weighted by molar-refractivity contribution is 0.550. The summed E-state index contributed by atoms with van der Waals surface area (Å²) in [6, 6.07) is 2.89. The van der Waals surface area contributed by atoms with Crippen molar-refractivity contribution >= 4 is 17.4 Å². The highest BCUT2D eigenvalue weighted by Gasteiger charge is 2.38. The number of halogens is 1. The quantitative estimate of drug-likeness (QED) is 0.839. The molecule has 0 radical (unpaired) electrons. The van der Waals surface area contributed by atoms with Gasteiger partial charge in [0, 0.05) is 25.3 Å². The van der Waals surface area contributed by atoms with Gasteiger partial charge in [0.2, 0.25) is 0 Å². The van der Waals surface area contributed by atoms with Crippen LogP contribution in [0.25, 0.3) is 0 Å². The van der Waals surface area contributed by atoms with Gasteiger partial charge in [0.15, 0.2) is 0 Å². The Bertz CT molecular complexity index is 449. The molecule has 1 aliphatic carbocycles. The lowest BCUT2D eigenvalue weighted by atomic mass is 10.1. The SMILES string of the molecule is CCCNCc1cc(N2CC3CCC2C3)ncc1Cl. The van der Waals surface area contributed by atoms with Gasteiger partial charge in [-0.2, -0.15) is 0 Å². The fourth-order valence-electron chi connectivity index (χ4n) is 3.37. The Morgan fingerprint density at radius 2 is 2.37 bits per heavy atom. The van der Waals surface area contributed by atoms with E-state index in [1.54, 1.807) is 0 Å². The Morgan fingerprint density at radius 1 is 1.47 bits per heavy atom. The number of hydrogen-bond donors (Lipinski definition) is 1. The highest BCUT2D eigenvalue weighted by atomic mass is 35.5. The molecule has 104 valence electrons. The van der Waals surface area contributed by atoms with Crippen molar-refractivity contribution in [2.24, 2.45) is 5.92 Å². The summed E-state index contributed by atoms with van der Waals surface area (Å²) in [7, 11) is 0. The Kier molecular flexibility index (Phi) is 3.94. The van der Waals surface area contributed by atoms with Crippen LogP contribution in [-0.2, 0) is 6.54 Å². The van der Waals surface area contributed by atoms with Crippen molar-refractivity contribution in [3.63, 3.8) is 0 Å². The van der Waals surface area contributed by atoms with Crippen LogP contribution in [0.2, 0.25) is 5.02 Å². The lowest BCUT2D eigenvalue weighted by Gasteiger charge is -2.28. The maximum atomic E-state index is 6.24. The van der Waals surface area contributed by atoms with Crippen molar-refractivity contribution in [1.82, 2.24) is 10.3 Å². The molecule has 0 spiro atoms. The molecule has 3 rings (SSSR count). The minimum absolute atomic E-state index is 0.718. The smallest absolute Gasteiger partial charge is 0.129 e. The largest absolute Gasteiger partial charge is 0.353 e. The zero-order valence-electron chi connectivity index (χ0n) is 11.5. The molecule has 2 bridgehead atoms. The van der Waals surface area contributed by atoms with Gasteiger partial charge in [-0.1, -0.05) is 18.5 Å². The maximum absolute atomic E-state index is 6.24. The normalized spacial score (nSPS) is 25.3. The molecule has 2 fully saturated rings. The van der Waals surface area contributed by atoms with Crippen LogP contribution in [0.5, 0.6) is 0 Å². The van der Waals surface area contributed by atoms with Gasteiger partial charge in [0.05, 0.1) is 5.02 Å². The summed E-state index contributed by atoms with van der Waals surface area (Å²) in [6.45, 7) is 5.22. The minimum atomic E-state index is 0.718. The highest BCUT2D eigenvalue weighted by molar-refractivity contribution is 6.31. The van der Waals surface area contributed by atoms with Crippen LogP contribution >= 0.6 is 11.6 Å². The van der Waals surface area contributed by atoms with Gasteiger partial charge in [0.25, 0.3) is 0 Å². The molecule has 0 aromatic carbocycles. The maximum Gasteiger partial charge on any atom is 0.129 e. The topological polar surface area (TPSA) is 28.2 Å². The number of hydrogen-bond acceptors (Lipinski definition) is 3. The summed E-state index contributed by atoms with van der Waals surface area (Å²) < 4.78 is 0. The van der Waals surface area contributed by atoms with Gasteiger partial charge < -0.3 is 10.2 Å². The molecule has 1 aromatic rings. The van der Waals surface area contributed by atoms with E-state index in [2.05, 4.69) is 28.2 Å². The summed E-state index contributed by atoms with van der Waals surface area (Å²) in [4.78, 5) is 7.01. The van der Waals surface area contributed by atoms with Crippen molar-refractivity contribution in [2.45, 2.75) is 45.2 Å². The first-order chi connectivity index (χ1) is 9.28. The molecule has 4 heteroatoms. The van der Waals surface area contributed by atoms with Gasteiger partial charge >= 0.3 is 0 Å². The molecule has 1 saturated heterocycles. The summed E-state index contributed by atoms with van der Waals surface area (Å²) in [5.41, 5.74) is 1.17. The van der Waals surface area contributed by atoms with Gasteiger partial charge in [-0.3, -0.25) is 0 Å². The summed E-state index contributed by atoms with van der Waals surface area (Å²) >= 11 is 6.24. The average molecular weight is 280 g/mol. The monoisotopic (exact) mass is 279 g/mol. The third-order valence-electron chi connectivity index (χ3n) is 4.37. The van der Waals surface area contributed by atoms with E-state index in [0.29, 0.717) is 0 Å². The number of nitrogens with zero attached hydrogens (tertiary/aromatic N) is 2. The predicted molar refractivity (Wildman–Crippen MR) is 79.7 cm³/mol. The number of piperidine rings is 1. The predicted octanol–water partition coefficient (Wildman–Crippen LogP) is 3.22. The molecule has 0 amide bonds. The van der Waals surface area contributed by atoms with Gasteiger partial charge in [-0.25, -0.2) is 4.98 Å². The van der Waals surface area contributed by atoms with E-state index in [1.165, 1.54) is 31.4 Å². The Balaban J connectivity index is 1.73. The molecule has 2 aliphatic rings. The molecule has 1 saturated carbocycles. The zero-order valence-corrected chi connectivity index (χ0v) is 12.3. The molecule has 19 heavy (non-hydrogen) atoms. The van der Waals surface area contributed by atoms with Crippen LogP contribution in [0, 0.1) is 5.92 Å². The van der Waals surface area contributed by atoms with E-state index in [1.807, 2.05) is 6.20 Å². The van der Waals surface area contributed by atoms with E-state index < -0.39 is 0 Å². The van der Waals surface area contributed by atoms with Crippen molar-refractivity contribution < 1.29 is 0 Å². The summed E-state index contributed by atoms with van der Waals surface area (Å²) in [5, 5.41) is 4.19. The van der Waals surface area contributed by atoms with E-state index in [-0.39, 0.29) is 0 Å². The van der Waals surface area contributed by atoms with E-state index >= 15 is 0 Å². The fourth-order valence-corrected chi connectivity index (χ4v) is 3.54. The van der Waals surface area contributed by atoms with Crippen molar-refractivity contribution in [3.05, 3.63) is 22.8 Å². The molecule has 3 nitrogen and oxygen atoms in total. The second-order valence-electron chi connectivity index (χ2n) is 5.80. The number of fused-ring (bicyclic) bond motifs is 2. The van der Waals surface area contributed by atoms with Crippen molar-refractivity contribution in [1.29, 1.82) is 0 Å². The Hall–Kier alpha value is -0.800. The number of pyridine rings is 1. The Morgan fingerprint density at radius 3 is 3.05 bits per heavy atom. The fraction of sp³-hybridized carbons (Fsp3) is 0.667.